The quantitative estimate of drug-likeness (QED) is 0.0348. The molecule has 0 aromatic carbocycles. The molecule has 12 N–H and O–H groups in total. The molecule has 0 aliphatic carbocycles. The molecule has 3 aliphatic rings. The van der Waals surface area contributed by atoms with Crippen molar-refractivity contribution in [3.8, 4) is 0 Å². The Morgan fingerprint density at radius 1 is 0.421 bits per heavy atom. The first-order valence-electron chi connectivity index (χ1n) is 30.3. The summed E-state index contributed by atoms with van der Waals surface area (Å²) >= 11 is 0. The Hall–Kier alpha value is -1.21. The van der Waals surface area contributed by atoms with Crippen LogP contribution in [-0.4, -0.2) is 193 Å². The van der Waals surface area contributed by atoms with E-state index in [-0.39, 0.29) is 18.9 Å². The van der Waals surface area contributed by atoms with Crippen LogP contribution in [0.1, 0.15) is 226 Å². The summed E-state index contributed by atoms with van der Waals surface area (Å²) in [5.74, 6) is -0.250. The normalized spacial score (nSPS) is 30.9. The van der Waals surface area contributed by atoms with Crippen LogP contribution >= 0.6 is 0 Å². The first-order chi connectivity index (χ1) is 36.8. The zero-order valence-corrected chi connectivity index (χ0v) is 46.8. The predicted octanol–water partition coefficient (Wildman–Crippen LogP) is 5.21. The fraction of sp³-hybridized carbons (Fsp3) is 0.982. The van der Waals surface area contributed by atoms with Crippen LogP contribution in [-0.2, 0) is 33.2 Å². The minimum absolute atomic E-state index is 0.250. The van der Waals surface area contributed by atoms with Gasteiger partial charge in [-0.2, -0.15) is 0 Å². The summed E-state index contributed by atoms with van der Waals surface area (Å²) in [4.78, 5) is 13.1. The van der Waals surface area contributed by atoms with Crippen molar-refractivity contribution in [2.45, 2.75) is 330 Å². The number of ether oxygens (including phenoxy) is 6. The molecule has 0 bridgehead atoms. The first kappa shape index (κ1) is 69.1. The fourth-order valence-electron chi connectivity index (χ4n) is 10.7. The minimum atomic E-state index is -1.97. The van der Waals surface area contributed by atoms with E-state index < -0.39 is 124 Å². The summed E-state index contributed by atoms with van der Waals surface area (Å²) in [5, 5.41) is 119. The van der Waals surface area contributed by atoms with Gasteiger partial charge in [0, 0.05) is 6.42 Å². The molecule has 0 aromatic heterocycles. The monoisotopic (exact) mass is 1100 g/mol. The maximum atomic E-state index is 13.1. The molecule has 3 heterocycles. The van der Waals surface area contributed by atoms with Crippen molar-refractivity contribution in [3.05, 3.63) is 0 Å². The molecule has 17 unspecified atom stereocenters. The predicted molar refractivity (Wildman–Crippen MR) is 287 cm³/mol. The molecule has 17 atom stereocenters. The number of hydrogen-bond donors (Lipinski definition) is 12. The Morgan fingerprint density at radius 2 is 0.750 bits per heavy atom. The van der Waals surface area contributed by atoms with E-state index in [0.29, 0.717) is 19.3 Å². The van der Waals surface area contributed by atoms with Gasteiger partial charge in [0.15, 0.2) is 18.9 Å². The van der Waals surface area contributed by atoms with Crippen molar-refractivity contribution in [1.29, 1.82) is 0 Å². The van der Waals surface area contributed by atoms with Crippen LogP contribution in [0.2, 0.25) is 0 Å². The van der Waals surface area contributed by atoms with Gasteiger partial charge in [0.05, 0.1) is 38.6 Å². The highest BCUT2D eigenvalue weighted by Gasteiger charge is 2.53. The third kappa shape index (κ3) is 25.7. The highest BCUT2D eigenvalue weighted by molar-refractivity contribution is 5.76. The molecule has 3 rings (SSSR count). The number of carbonyl (C=O) groups excluding carboxylic acids is 1. The van der Waals surface area contributed by atoms with Crippen molar-refractivity contribution in [2.24, 2.45) is 0 Å². The van der Waals surface area contributed by atoms with Gasteiger partial charge in [-0.05, 0) is 12.8 Å². The highest BCUT2D eigenvalue weighted by Crippen LogP contribution is 2.33. The van der Waals surface area contributed by atoms with E-state index in [1.165, 1.54) is 154 Å². The van der Waals surface area contributed by atoms with E-state index >= 15 is 0 Å². The molecule has 0 saturated carbocycles. The Bertz CT molecular complexity index is 1400. The number of aliphatic hydroxyl groups excluding tert-OH is 11. The van der Waals surface area contributed by atoms with Gasteiger partial charge in [0.2, 0.25) is 5.91 Å². The lowest BCUT2D eigenvalue weighted by atomic mass is 9.96. The third-order valence-electron chi connectivity index (χ3n) is 15.7. The third-order valence-corrected chi connectivity index (χ3v) is 15.7. The lowest BCUT2D eigenvalue weighted by Gasteiger charge is -2.48. The van der Waals surface area contributed by atoms with Gasteiger partial charge in [-0.15, -0.1) is 0 Å². The second kappa shape index (κ2) is 41.7. The molecule has 450 valence electrons. The average molecular weight is 1100 g/mol. The molecule has 76 heavy (non-hydrogen) atoms. The van der Waals surface area contributed by atoms with Gasteiger partial charge in [-0.3, -0.25) is 4.79 Å². The molecule has 19 nitrogen and oxygen atoms in total. The van der Waals surface area contributed by atoms with Crippen LogP contribution in [0, 0.1) is 0 Å². The standard InChI is InChI=1S/C57H109NO18/c1-3-5-7-8-9-10-11-12-13-14-15-16-17-18-19-20-21-22-23-24-25-26-27-28-29-30-31-33-35-45(63)58-40(41(62)34-32-6-4-2)39-71-55-51(69)48(66)53(43(37-60)73-55)76-57-52(70)49(67)54(44(38-61)74-57)75-56-50(68)47(65)46(64)42(36-59)72-56/h40-44,46-57,59-62,64-70H,3-39H2,1-2H3,(H,58,63). The molecule has 19 heteroatoms. The second-order valence-corrected chi connectivity index (χ2v) is 22.2. The van der Waals surface area contributed by atoms with Crippen LogP contribution < -0.4 is 5.32 Å². The minimum Gasteiger partial charge on any atom is -0.394 e. The summed E-state index contributed by atoms with van der Waals surface area (Å²) in [5.41, 5.74) is 0. The van der Waals surface area contributed by atoms with E-state index in [2.05, 4.69) is 12.2 Å². The Kier molecular flexibility index (Phi) is 37.9. The van der Waals surface area contributed by atoms with Crippen LogP contribution in [0.5, 0.6) is 0 Å². The van der Waals surface area contributed by atoms with Crippen molar-refractivity contribution < 1.29 is 89.4 Å². The Morgan fingerprint density at radius 3 is 1.14 bits per heavy atom. The van der Waals surface area contributed by atoms with Crippen molar-refractivity contribution in [3.63, 3.8) is 0 Å². The summed E-state index contributed by atoms with van der Waals surface area (Å²) in [6.07, 6.45) is 13.5. The van der Waals surface area contributed by atoms with E-state index in [9.17, 15) is 61.0 Å². The Balaban J connectivity index is 1.29. The van der Waals surface area contributed by atoms with Gasteiger partial charge < -0.3 is 89.9 Å². The van der Waals surface area contributed by atoms with E-state index in [1.54, 1.807) is 0 Å². The largest absolute Gasteiger partial charge is 0.394 e. The number of carbonyl (C=O) groups is 1. The molecule has 0 aromatic rings. The summed E-state index contributed by atoms with van der Waals surface area (Å²) < 4.78 is 34.0. The zero-order valence-electron chi connectivity index (χ0n) is 46.8. The van der Waals surface area contributed by atoms with Gasteiger partial charge in [-0.1, -0.05) is 206 Å². The topological polar surface area (TPSA) is 307 Å². The fourth-order valence-corrected chi connectivity index (χ4v) is 10.7. The number of hydrogen-bond acceptors (Lipinski definition) is 18. The molecule has 3 saturated heterocycles. The van der Waals surface area contributed by atoms with Gasteiger partial charge in [0.25, 0.3) is 0 Å². The van der Waals surface area contributed by atoms with Crippen LogP contribution in [0.3, 0.4) is 0 Å². The molecular formula is C57H109NO18. The molecule has 0 spiro atoms. The maximum absolute atomic E-state index is 13.1. The molecule has 0 radical (unpaired) electrons. The zero-order chi connectivity index (χ0) is 55.5. The molecular weight excluding hydrogens is 987 g/mol. The summed E-state index contributed by atoms with van der Waals surface area (Å²) in [6.45, 7) is 1.62. The SMILES string of the molecule is CCCCCCCCCCCCCCCCCCCCCCCCCCCCCCC(=O)NC(COC1OC(CO)C(OC2OC(CO)C(OC3OC(CO)C(O)C(O)C3O)C(O)C2O)C(O)C1O)C(O)CCCCC. The number of nitrogens with one attached hydrogen (secondary N) is 1. The average Bonchev–Trinajstić information content (AvgIpc) is 3.42. The van der Waals surface area contributed by atoms with Crippen LogP contribution in [0.25, 0.3) is 0 Å². The van der Waals surface area contributed by atoms with Crippen LogP contribution in [0.4, 0.5) is 0 Å². The van der Waals surface area contributed by atoms with Gasteiger partial charge >= 0.3 is 0 Å². The summed E-state index contributed by atoms with van der Waals surface area (Å²) in [7, 11) is 0. The Labute approximate surface area is 455 Å². The van der Waals surface area contributed by atoms with Gasteiger partial charge in [0.1, 0.15) is 73.2 Å². The molecule has 1 amide bonds. The lowest BCUT2D eigenvalue weighted by molar-refractivity contribution is -0.379. The number of amides is 1. The highest BCUT2D eigenvalue weighted by atomic mass is 16.8. The number of rotatable bonds is 45. The van der Waals surface area contributed by atoms with Crippen LogP contribution in [0.15, 0.2) is 0 Å². The lowest BCUT2D eigenvalue weighted by Crippen LogP contribution is -2.66. The van der Waals surface area contributed by atoms with Gasteiger partial charge in [-0.25, -0.2) is 0 Å². The van der Waals surface area contributed by atoms with Crippen molar-refractivity contribution >= 4 is 5.91 Å². The number of unbranched alkanes of at least 4 members (excludes halogenated alkanes) is 29. The second-order valence-electron chi connectivity index (χ2n) is 22.2. The summed E-state index contributed by atoms with van der Waals surface area (Å²) in [6, 6.07) is -0.876. The van der Waals surface area contributed by atoms with E-state index in [4.69, 9.17) is 28.4 Å². The smallest absolute Gasteiger partial charge is 0.220 e. The van der Waals surface area contributed by atoms with Crippen molar-refractivity contribution in [1.82, 2.24) is 5.32 Å². The number of aliphatic hydroxyl groups is 11. The maximum Gasteiger partial charge on any atom is 0.220 e. The molecule has 3 fully saturated rings. The van der Waals surface area contributed by atoms with Crippen molar-refractivity contribution in [2.75, 3.05) is 26.4 Å². The molecule has 3 aliphatic heterocycles. The van der Waals surface area contributed by atoms with E-state index in [1.807, 2.05) is 6.92 Å². The first-order valence-corrected chi connectivity index (χ1v) is 30.3. The van der Waals surface area contributed by atoms with E-state index in [0.717, 1.165) is 32.1 Å².